The van der Waals surface area contributed by atoms with E-state index < -0.39 is 0 Å². The fourth-order valence-corrected chi connectivity index (χ4v) is 2.53. The molecule has 1 fully saturated rings. The SMILES string of the molecule is CCC(C)N1CCN(c2ccc([C@@H](C)N)nc2)CC1. The van der Waals surface area contributed by atoms with Gasteiger partial charge in [0.1, 0.15) is 0 Å². The summed E-state index contributed by atoms with van der Waals surface area (Å²) in [7, 11) is 0. The van der Waals surface area contributed by atoms with Gasteiger partial charge >= 0.3 is 0 Å². The van der Waals surface area contributed by atoms with E-state index in [1.165, 1.54) is 12.1 Å². The average Bonchev–Trinajstić information content (AvgIpc) is 2.46. The van der Waals surface area contributed by atoms with Crippen molar-refractivity contribution >= 4 is 5.69 Å². The van der Waals surface area contributed by atoms with Crippen LogP contribution in [-0.2, 0) is 0 Å². The lowest BCUT2D eigenvalue weighted by Crippen LogP contribution is -2.49. The molecule has 2 atom stereocenters. The first-order valence-corrected chi connectivity index (χ1v) is 7.32. The van der Waals surface area contributed by atoms with E-state index in [0.29, 0.717) is 6.04 Å². The fraction of sp³-hybridized carbons (Fsp3) is 0.667. The summed E-state index contributed by atoms with van der Waals surface area (Å²) in [6.07, 6.45) is 3.18. The number of aromatic nitrogens is 1. The monoisotopic (exact) mass is 262 g/mol. The molecule has 0 radical (unpaired) electrons. The molecule has 1 aliphatic rings. The first kappa shape index (κ1) is 14.3. The quantitative estimate of drug-likeness (QED) is 0.902. The van der Waals surface area contributed by atoms with Crippen LogP contribution in [0.3, 0.4) is 0 Å². The zero-order valence-electron chi connectivity index (χ0n) is 12.3. The largest absolute Gasteiger partial charge is 0.368 e. The minimum Gasteiger partial charge on any atom is -0.368 e. The lowest BCUT2D eigenvalue weighted by molar-refractivity contribution is 0.193. The highest BCUT2D eigenvalue weighted by Gasteiger charge is 2.20. The fourth-order valence-electron chi connectivity index (χ4n) is 2.53. The molecule has 2 heterocycles. The van der Waals surface area contributed by atoms with Crippen LogP contribution in [0.4, 0.5) is 5.69 Å². The van der Waals surface area contributed by atoms with Crippen LogP contribution in [0.15, 0.2) is 18.3 Å². The summed E-state index contributed by atoms with van der Waals surface area (Å²) >= 11 is 0. The maximum absolute atomic E-state index is 5.83. The van der Waals surface area contributed by atoms with E-state index in [4.69, 9.17) is 5.73 Å². The zero-order chi connectivity index (χ0) is 13.8. The number of rotatable bonds is 4. The number of anilines is 1. The third-order valence-electron chi connectivity index (χ3n) is 4.13. The summed E-state index contributed by atoms with van der Waals surface area (Å²) < 4.78 is 0. The van der Waals surface area contributed by atoms with Crippen molar-refractivity contribution in [2.45, 2.75) is 39.3 Å². The molecule has 1 aromatic rings. The summed E-state index contributed by atoms with van der Waals surface area (Å²) in [5.74, 6) is 0. The molecular formula is C15H26N4. The van der Waals surface area contributed by atoms with Gasteiger partial charge < -0.3 is 10.6 Å². The Kier molecular flexibility index (Phi) is 4.77. The maximum Gasteiger partial charge on any atom is 0.0569 e. The molecule has 19 heavy (non-hydrogen) atoms. The van der Waals surface area contributed by atoms with Crippen molar-refractivity contribution in [2.75, 3.05) is 31.1 Å². The second-order valence-electron chi connectivity index (χ2n) is 5.51. The topological polar surface area (TPSA) is 45.4 Å². The van der Waals surface area contributed by atoms with Gasteiger partial charge in [-0.05, 0) is 32.4 Å². The highest BCUT2D eigenvalue weighted by molar-refractivity contribution is 5.45. The molecular weight excluding hydrogens is 236 g/mol. The van der Waals surface area contributed by atoms with Crippen LogP contribution in [0.5, 0.6) is 0 Å². The third kappa shape index (κ3) is 3.45. The van der Waals surface area contributed by atoms with Gasteiger partial charge in [-0.1, -0.05) is 6.92 Å². The predicted molar refractivity (Wildman–Crippen MR) is 80.4 cm³/mol. The highest BCUT2D eigenvalue weighted by Crippen LogP contribution is 2.18. The summed E-state index contributed by atoms with van der Waals surface area (Å²) in [5, 5.41) is 0. The summed E-state index contributed by atoms with van der Waals surface area (Å²) in [6, 6.07) is 4.89. The molecule has 1 aliphatic heterocycles. The molecule has 1 aromatic heterocycles. The minimum atomic E-state index is 0.0105. The molecule has 4 nitrogen and oxygen atoms in total. The van der Waals surface area contributed by atoms with E-state index in [2.05, 4.69) is 34.7 Å². The van der Waals surface area contributed by atoms with Crippen molar-refractivity contribution in [3.8, 4) is 0 Å². The van der Waals surface area contributed by atoms with Crippen LogP contribution < -0.4 is 10.6 Å². The normalized spacial score (nSPS) is 20.3. The van der Waals surface area contributed by atoms with Crippen molar-refractivity contribution < 1.29 is 0 Å². The smallest absolute Gasteiger partial charge is 0.0569 e. The Bertz CT molecular complexity index is 380. The molecule has 0 aromatic carbocycles. The molecule has 0 aliphatic carbocycles. The van der Waals surface area contributed by atoms with E-state index in [1.807, 2.05) is 19.2 Å². The molecule has 0 amide bonds. The van der Waals surface area contributed by atoms with Gasteiger partial charge in [-0.25, -0.2) is 0 Å². The van der Waals surface area contributed by atoms with Crippen LogP contribution in [-0.4, -0.2) is 42.1 Å². The van der Waals surface area contributed by atoms with Gasteiger partial charge in [-0.2, -0.15) is 0 Å². The van der Waals surface area contributed by atoms with Gasteiger partial charge in [0.2, 0.25) is 0 Å². The van der Waals surface area contributed by atoms with Crippen LogP contribution in [0, 0.1) is 0 Å². The van der Waals surface area contributed by atoms with E-state index in [9.17, 15) is 0 Å². The van der Waals surface area contributed by atoms with Gasteiger partial charge in [-0.15, -0.1) is 0 Å². The van der Waals surface area contributed by atoms with Crippen LogP contribution in [0.1, 0.15) is 38.9 Å². The van der Waals surface area contributed by atoms with Crippen LogP contribution in [0.2, 0.25) is 0 Å². The molecule has 0 spiro atoms. The third-order valence-corrected chi connectivity index (χ3v) is 4.13. The first-order chi connectivity index (χ1) is 9.11. The van der Waals surface area contributed by atoms with Gasteiger partial charge in [0.05, 0.1) is 17.6 Å². The Labute approximate surface area is 116 Å². The molecule has 2 N–H and O–H groups in total. The number of hydrogen-bond acceptors (Lipinski definition) is 4. The van der Waals surface area contributed by atoms with E-state index in [0.717, 1.165) is 31.9 Å². The summed E-state index contributed by atoms with van der Waals surface area (Å²) in [5.41, 5.74) is 8.00. The highest BCUT2D eigenvalue weighted by atomic mass is 15.3. The minimum absolute atomic E-state index is 0.0105. The van der Waals surface area contributed by atoms with E-state index in [1.54, 1.807) is 0 Å². The second kappa shape index (κ2) is 6.35. The van der Waals surface area contributed by atoms with Crippen molar-refractivity contribution in [3.05, 3.63) is 24.0 Å². The standard InChI is InChI=1S/C15H26N4/c1-4-12(2)18-7-9-19(10-8-18)14-5-6-15(13(3)16)17-11-14/h5-6,11-13H,4,7-10,16H2,1-3H3/t12?,13-/m1/s1. The van der Waals surface area contributed by atoms with Gasteiger partial charge in [-0.3, -0.25) is 9.88 Å². The average molecular weight is 262 g/mol. The lowest BCUT2D eigenvalue weighted by Gasteiger charge is -2.38. The number of piperazine rings is 1. The lowest BCUT2D eigenvalue weighted by atomic mass is 10.1. The molecule has 4 heteroatoms. The molecule has 1 saturated heterocycles. The number of hydrogen-bond donors (Lipinski definition) is 1. The number of nitrogens with zero attached hydrogens (tertiary/aromatic N) is 3. The van der Waals surface area contributed by atoms with Gasteiger partial charge in [0.15, 0.2) is 0 Å². The first-order valence-electron chi connectivity index (χ1n) is 7.32. The predicted octanol–water partition coefficient (Wildman–Crippen LogP) is 2.02. The molecule has 1 unspecified atom stereocenters. The Morgan fingerprint density at radius 3 is 2.37 bits per heavy atom. The van der Waals surface area contributed by atoms with Crippen molar-refractivity contribution in [3.63, 3.8) is 0 Å². The summed E-state index contributed by atoms with van der Waals surface area (Å²) in [6.45, 7) is 11.0. The Morgan fingerprint density at radius 2 is 1.89 bits per heavy atom. The Balaban J connectivity index is 1.94. The molecule has 2 rings (SSSR count). The van der Waals surface area contributed by atoms with Crippen LogP contribution >= 0.6 is 0 Å². The van der Waals surface area contributed by atoms with Crippen LogP contribution in [0.25, 0.3) is 0 Å². The van der Waals surface area contributed by atoms with E-state index in [-0.39, 0.29) is 6.04 Å². The summed E-state index contributed by atoms with van der Waals surface area (Å²) in [4.78, 5) is 9.43. The van der Waals surface area contributed by atoms with Crippen molar-refractivity contribution in [1.29, 1.82) is 0 Å². The Hall–Kier alpha value is -1.13. The number of pyridine rings is 1. The number of nitrogens with two attached hydrogens (primary N) is 1. The zero-order valence-corrected chi connectivity index (χ0v) is 12.3. The van der Waals surface area contributed by atoms with Gasteiger partial charge in [0, 0.05) is 38.3 Å². The Morgan fingerprint density at radius 1 is 1.21 bits per heavy atom. The maximum atomic E-state index is 5.83. The van der Waals surface area contributed by atoms with Gasteiger partial charge in [0.25, 0.3) is 0 Å². The van der Waals surface area contributed by atoms with E-state index >= 15 is 0 Å². The molecule has 0 bridgehead atoms. The second-order valence-corrected chi connectivity index (χ2v) is 5.51. The van der Waals surface area contributed by atoms with Crippen molar-refractivity contribution in [2.24, 2.45) is 5.73 Å². The van der Waals surface area contributed by atoms with Crippen molar-refractivity contribution in [1.82, 2.24) is 9.88 Å². The molecule has 106 valence electrons. The molecule has 0 saturated carbocycles.